The van der Waals surface area contributed by atoms with Gasteiger partial charge in [-0.15, -0.1) is 0 Å². The number of benzene rings is 7. The van der Waals surface area contributed by atoms with Crippen LogP contribution in [0.3, 0.4) is 0 Å². The number of nitrogens with zero attached hydrogens (tertiary/aromatic N) is 5. The first kappa shape index (κ1) is 31.5. The fourth-order valence-corrected chi connectivity index (χ4v) is 6.50. The smallest absolute Gasteiger partial charge is 0.227 e. The van der Waals surface area contributed by atoms with Crippen LogP contribution in [-0.4, -0.2) is 19.9 Å². The van der Waals surface area contributed by atoms with Crippen molar-refractivity contribution in [3.05, 3.63) is 181 Å². The Morgan fingerprint density at radius 3 is 1.38 bits per heavy atom. The van der Waals surface area contributed by atoms with Crippen LogP contribution < -0.4 is 0 Å². The monoisotopic (exact) mass is 679 g/mol. The van der Waals surface area contributed by atoms with Gasteiger partial charge < -0.3 is 4.42 Å². The second-order valence-corrected chi connectivity index (χ2v) is 12.7. The van der Waals surface area contributed by atoms with Gasteiger partial charge in [0.05, 0.1) is 11.6 Å². The maximum absolute atomic E-state index is 9.71. The maximum Gasteiger partial charge on any atom is 0.227 e. The molecule has 0 saturated heterocycles. The number of nitriles is 1. The van der Waals surface area contributed by atoms with Gasteiger partial charge in [0.2, 0.25) is 5.89 Å². The van der Waals surface area contributed by atoms with E-state index in [1.54, 1.807) is 0 Å². The zero-order valence-electron chi connectivity index (χ0n) is 28.4. The number of hydrogen-bond donors (Lipinski definition) is 0. The normalized spacial score (nSPS) is 11.0. The van der Waals surface area contributed by atoms with E-state index in [9.17, 15) is 5.26 Å². The summed E-state index contributed by atoms with van der Waals surface area (Å²) < 4.78 is 6.13. The van der Waals surface area contributed by atoms with Crippen molar-refractivity contribution >= 4 is 11.1 Å². The number of rotatable bonds is 7. The number of oxazole rings is 1. The molecular weight excluding hydrogens is 651 g/mol. The minimum Gasteiger partial charge on any atom is -0.436 e. The number of para-hydroxylation sites is 2. The lowest BCUT2D eigenvalue weighted by atomic mass is 9.92. The van der Waals surface area contributed by atoms with Crippen LogP contribution in [0.5, 0.6) is 0 Å². The summed E-state index contributed by atoms with van der Waals surface area (Å²) in [5, 5.41) is 9.71. The molecule has 0 amide bonds. The lowest BCUT2D eigenvalue weighted by Gasteiger charge is -2.13. The highest BCUT2D eigenvalue weighted by Crippen LogP contribution is 2.36. The van der Waals surface area contributed by atoms with Crippen molar-refractivity contribution in [2.24, 2.45) is 0 Å². The maximum atomic E-state index is 9.71. The van der Waals surface area contributed by atoms with Gasteiger partial charge in [0.25, 0.3) is 0 Å². The molecule has 0 aliphatic heterocycles. The molecule has 6 heteroatoms. The summed E-state index contributed by atoms with van der Waals surface area (Å²) in [4.78, 5) is 19.6. The standard InChI is InChI=1S/C47H29N5O/c48-30-31-12-9-17-34(24-31)39-27-40(29-41(28-39)36-19-11-21-38(26-36)47-49-42-22-7-8-23-43(42)53-47)35-18-10-20-37(25-35)46-51-44(32-13-3-1-4-14-32)50-45(52-46)33-15-5-2-6-16-33/h1-29H. The molecule has 9 aromatic rings. The van der Waals surface area contributed by atoms with Gasteiger partial charge in [-0.2, -0.15) is 5.26 Å². The lowest BCUT2D eigenvalue weighted by molar-refractivity contribution is 0.620. The topological polar surface area (TPSA) is 88.5 Å². The zero-order valence-corrected chi connectivity index (χ0v) is 28.4. The molecule has 0 fully saturated rings. The first-order valence-electron chi connectivity index (χ1n) is 17.3. The van der Waals surface area contributed by atoms with Gasteiger partial charge in [0, 0.05) is 22.3 Å². The Balaban J connectivity index is 1.18. The Kier molecular flexibility index (Phi) is 8.12. The lowest BCUT2D eigenvalue weighted by Crippen LogP contribution is -2.00. The summed E-state index contributed by atoms with van der Waals surface area (Å²) >= 11 is 0. The van der Waals surface area contributed by atoms with E-state index in [1.165, 1.54) is 0 Å². The molecule has 7 aromatic carbocycles. The van der Waals surface area contributed by atoms with Gasteiger partial charge in [-0.3, -0.25) is 0 Å². The molecule has 0 spiro atoms. The van der Waals surface area contributed by atoms with Gasteiger partial charge >= 0.3 is 0 Å². The molecule has 2 aromatic heterocycles. The van der Waals surface area contributed by atoms with E-state index in [-0.39, 0.29) is 0 Å². The molecule has 0 unspecified atom stereocenters. The summed E-state index contributed by atoms with van der Waals surface area (Å²) in [6.45, 7) is 0. The average Bonchev–Trinajstić information content (AvgIpc) is 3.69. The van der Waals surface area contributed by atoms with Crippen LogP contribution in [0, 0.1) is 11.3 Å². The van der Waals surface area contributed by atoms with Crippen LogP contribution in [0.4, 0.5) is 0 Å². The SMILES string of the molecule is N#Cc1cccc(-c2cc(-c3cccc(-c4nc(-c5ccccc5)nc(-c5ccccc5)n4)c3)cc(-c3cccc(-c4nc5ccccc5o4)c3)c2)c1. The summed E-state index contributed by atoms with van der Waals surface area (Å²) in [5.41, 5.74) is 11.7. The molecule has 0 aliphatic rings. The Morgan fingerprint density at radius 2 is 0.792 bits per heavy atom. The van der Waals surface area contributed by atoms with Crippen molar-refractivity contribution in [2.75, 3.05) is 0 Å². The highest BCUT2D eigenvalue weighted by Gasteiger charge is 2.15. The van der Waals surface area contributed by atoms with Crippen LogP contribution in [0.15, 0.2) is 180 Å². The van der Waals surface area contributed by atoms with Gasteiger partial charge in [-0.1, -0.05) is 115 Å². The molecular formula is C47H29N5O. The molecule has 248 valence electrons. The van der Waals surface area contributed by atoms with Gasteiger partial charge in [-0.25, -0.2) is 19.9 Å². The third kappa shape index (κ3) is 6.47. The van der Waals surface area contributed by atoms with Crippen LogP contribution >= 0.6 is 0 Å². The van der Waals surface area contributed by atoms with Crippen molar-refractivity contribution in [1.29, 1.82) is 5.26 Å². The molecule has 0 radical (unpaired) electrons. The second-order valence-electron chi connectivity index (χ2n) is 12.7. The van der Waals surface area contributed by atoms with E-state index in [4.69, 9.17) is 24.4 Å². The highest BCUT2D eigenvalue weighted by atomic mass is 16.3. The van der Waals surface area contributed by atoms with E-state index in [1.807, 2.05) is 133 Å². The van der Waals surface area contributed by atoms with Crippen LogP contribution in [-0.2, 0) is 0 Å². The molecule has 0 atom stereocenters. The van der Waals surface area contributed by atoms with Gasteiger partial charge in [0.1, 0.15) is 5.52 Å². The van der Waals surface area contributed by atoms with Crippen molar-refractivity contribution < 1.29 is 4.42 Å². The summed E-state index contributed by atoms with van der Waals surface area (Å²) in [5.74, 6) is 2.38. The van der Waals surface area contributed by atoms with E-state index in [0.717, 1.165) is 66.7 Å². The minimum absolute atomic E-state index is 0.570. The molecule has 6 nitrogen and oxygen atoms in total. The summed E-state index contributed by atoms with van der Waals surface area (Å²) in [7, 11) is 0. The quantitative estimate of drug-likeness (QED) is 0.167. The highest BCUT2D eigenvalue weighted by molar-refractivity contribution is 5.84. The molecule has 0 saturated carbocycles. The molecule has 0 aliphatic carbocycles. The molecule has 53 heavy (non-hydrogen) atoms. The molecule has 0 N–H and O–H groups in total. The van der Waals surface area contributed by atoms with Crippen molar-refractivity contribution in [1.82, 2.24) is 19.9 Å². The molecule has 9 rings (SSSR count). The first-order chi connectivity index (χ1) is 26.2. The Labute approximate surface area is 306 Å². The second kappa shape index (κ2) is 13.7. The van der Waals surface area contributed by atoms with E-state index >= 15 is 0 Å². The Hall–Kier alpha value is -7.49. The van der Waals surface area contributed by atoms with E-state index in [0.29, 0.717) is 28.9 Å². The third-order valence-electron chi connectivity index (χ3n) is 9.15. The third-order valence-corrected chi connectivity index (χ3v) is 9.15. The predicted molar refractivity (Wildman–Crippen MR) is 210 cm³/mol. The van der Waals surface area contributed by atoms with Gasteiger partial charge in [-0.05, 0) is 94.0 Å². The minimum atomic E-state index is 0.570. The fourth-order valence-electron chi connectivity index (χ4n) is 6.50. The zero-order chi connectivity index (χ0) is 35.6. The Bertz CT molecular complexity index is 2710. The van der Waals surface area contributed by atoms with Crippen molar-refractivity contribution in [2.45, 2.75) is 0 Å². The van der Waals surface area contributed by atoms with Gasteiger partial charge in [0.15, 0.2) is 23.1 Å². The van der Waals surface area contributed by atoms with Crippen molar-refractivity contribution in [3.8, 4) is 85.1 Å². The number of aromatic nitrogens is 4. The predicted octanol–water partition coefficient (Wildman–Crippen LogP) is 11.6. The number of fused-ring (bicyclic) bond motifs is 1. The molecule has 2 heterocycles. The van der Waals surface area contributed by atoms with Crippen LogP contribution in [0.1, 0.15) is 5.56 Å². The molecule has 0 bridgehead atoms. The summed E-state index contributed by atoms with van der Waals surface area (Å²) in [6, 6.07) is 60.8. The van der Waals surface area contributed by atoms with Crippen LogP contribution in [0.25, 0.3) is 90.1 Å². The number of hydrogen-bond acceptors (Lipinski definition) is 6. The van der Waals surface area contributed by atoms with Crippen LogP contribution in [0.2, 0.25) is 0 Å². The van der Waals surface area contributed by atoms with E-state index in [2.05, 4.69) is 48.5 Å². The van der Waals surface area contributed by atoms with E-state index < -0.39 is 0 Å². The average molecular weight is 680 g/mol. The Morgan fingerprint density at radius 1 is 0.358 bits per heavy atom. The first-order valence-corrected chi connectivity index (χ1v) is 17.3. The summed E-state index contributed by atoms with van der Waals surface area (Å²) in [6.07, 6.45) is 0. The van der Waals surface area contributed by atoms with Crippen molar-refractivity contribution in [3.63, 3.8) is 0 Å². The fraction of sp³-hybridized carbons (Fsp3) is 0. The largest absolute Gasteiger partial charge is 0.436 e.